The van der Waals surface area contributed by atoms with Crippen molar-refractivity contribution in [1.82, 2.24) is 9.80 Å². The van der Waals surface area contributed by atoms with Gasteiger partial charge < -0.3 is 9.47 Å². The number of esters is 2. The molecule has 0 radical (unpaired) electrons. The molecule has 0 heterocycles. The minimum absolute atomic E-state index is 0.195. The highest BCUT2D eigenvalue weighted by molar-refractivity contribution is 6.22. The van der Waals surface area contributed by atoms with Gasteiger partial charge in [-0.15, -0.1) is 0 Å². The monoisotopic (exact) mass is 578 g/mol. The van der Waals surface area contributed by atoms with E-state index in [0.717, 1.165) is 88.7 Å². The molecule has 1 aliphatic carbocycles. The largest absolute Gasteiger partial charge is 0.461 e. The van der Waals surface area contributed by atoms with E-state index in [9.17, 15) is 14.4 Å². The quantitative estimate of drug-likeness (QED) is 0.133. The third kappa shape index (κ3) is 9.50. The zero-order valence-corrected chi connectivity index (χ0v) is 26.2. The van der Waals surface area contributed by atoms with Crippen LogP contribution in [-0.4, -0.2) is 80.0 Å². The van der Waals surface area contributed by atoms with Gasteiger partial charge in [-0.05, 0) is 87.3 Å². The molecule has 7 heteroatoms. The maximum Gasteiger partial charge on any atom is 0.338 e. The van der Waals surface area contributed by atoms with Gasteiger partial charge in [0.1, 0.15) is 13.2 Å². The van der Waals surface area contributed by atoms with E-state index in [0.29, 0.717) is 48.6 Å². The van der Waals surface area contributed by atoms with Crippen molar-refractivity contribution in [2.45, 2.75) is 79.1 Å². The number of hydrogen-bond acceptors (Lipinski definition) is 7. The van der Waals surface area contributed by atoms with Gasteiger partial charge in [0.25, 0.3) is 0 Å². The first-order valence-corrected chi connectivity index (χ1v) is 16.0. The normalized spacial score (nSPS) is 12.1. The molecule has 0 aliphatic heterocycles. The van der Waals surface area contributed by atoms with E-state index in [1.165, 1.54) is 0 Å². The number of ether oxygens (including phenoxy) is 2. The van der Waals surface area contributed by atoms with Gasteiger partial charge >= 0.3 is 11.9 Å². The number of hydrogen-bond donors (Lipinski definition) is 0. The van der Waals surface area contributed by atoms with Gasteiger partial charge in [0, 0.05) is 24.2 Å². The highest BCUT2D eigenvalue weighted by Gasteiger charge is 2.29. The van der Waals surface area contributed by atoms with Crippen LogP contribution in [-0.2, 0) is 9.47 Å². The molecule has 2 aromatic rings. The van der Waals surface area contributed by atoms with Crippen molar-refractivity contribution in [3.8, 4) is 11.1 Å². The number of carbonyl (C=O) groups excluding carboxylic acids is 3. The van der Waals surface area contributed by atoms with Crippen molar-refractivity contribution >= 4 is 17.7 Å². The average molecular weight is 579 g/mol. The smallest absolute Gasteiger partial charge is 0.338 e. The van der Waals surface area contributed by atoms with Crippen LogP contribution >= 0.6 is 0 Å². The molecule has 7 nitrogen and oxygen atoms in total. The Hall–Kier alpha value is -3.03. The van der Waals surface area contributed by atoms with Crippen LogP contribution in [0.4, 0.5) is 0 Å². The molecule has 0 saturated carbocycles. The summed E-state index contributed by atoms with van der Waals surface area (Å²) in [6.07, 6.45) is 9.04. The predicted molar refractivity (Wildman–Crippen MR) is 168 cm³/mol. The molecule has 1 aliphatic rings. The molecule has 0 saturated heterocycles. The Kier molecular flexibility index (Phi) is 14.2. The average Bonchev–Trinajstić information content (AvgIpc) is 3.29. The number of fused-ring (bicyclic) bond motifs is 3. The van der Waals surface area contributed by atoms with Crippen LogP contribution in [0.2, 0.25) is 0 Å². The van der Waals surface area contributed by atoms with E-state index in [1.807, 2.05) is 0 Å². The molecule has 0 amide bonds. The SMILES string of the molecule is CCCCN(CCCC)CCOC(=O)c1ccc2c(c1)C(=O)c1cc(C(=O)OCCN(CCCC)CCCC)ccc1-2. The Morgan fingerprint density at radius 2 is 0.905 bits per heavy atom. The zero-order valence-electron chi connectivity index (χ0n) is 26.2. The fourth-order valence-electron chi connectivity index (χ4n) is 5.23. The summed E-state index contributed by atoms with van der Waals surface area (Å²) < 4.78 is 11.2. The maximum absolute atomic E-state index is 13.3. The molecular formula is C35H50N2O5. The number of unbranched alkanes of at least 4 members (excludes halogenated alkanes) is 4. The van der Waals surface area contributed by atoms with Crippen LogP contribution < -0.4 is 0 Å². The summed E-state index contributed by atoms with van der Waals surface area (Å²) in [5.41, 5.74) is 3.16. The van der Waals surface area contributed by atoms with Crippen LogP contribution in [0.15, 0.2) is 36.4 Å². The molecule has 0 bridgehead atoms. The lowest BCUT2D eigenvalue weighted by Gasteiger charge is -2.21. The van der Waals surface area contributed by atoms with Gasteiger partial charge in [-0.2, -0.15) is 0 Å². The molecule has 3 rings (SSSR count). The highest BCUT2D eigenvalue weighted by atomic mass is 16.5. The van der Waals surface area contributed by atoms with E-state index < -0.39 is 11.9 Å². The first kappa shape index (κ1) is 33.5. The molecule has 42 heavy (non-hydrogen) atoms. The lowest BCUT2D eigenvalue weighted by Crippen LogP contribution is -2.30. The molecule has 0 aromatic heterocycles. The predicted octanol–water partition coefficient (Wildman–Crippen LogP) is 7.02. The van der Waals surface area contributed by atoms with Gasteiger partial charge in [-0.3, -0.25) is 14.6 Å². The Bertz CT molecular complexity index is 1070. The van der Waals surface area contributed by atoms with E-state index in [1.54, 1.807) is 36.4 Å². The number of nitrogens with zero attached hydrogens (tertiary/aromatic N) is 2. The van der Waals surface area contributed by atoms with Crippen molar-refractivity contribution < 1.29 is 23.9 Å². The number of carbonyl (C=O) groups is 3. The minimum atomic E-state index is -0.427. The number of benzene rings is 2. The van der Waals surface area contributed by atoms with E-state index >= 15 is 0 Å². The fraction of sp³-hybridized carbons (Fsp3) is 0.571. The van der Waals surface area contributed by atoms with E-state index in [2.05, 4.69) is 37.5 Å². The number of ketones is 1. The molecular weight excluding hydrogens is 528 g/mol. The van der Waals surface area contributed by atoms with Crippen LogP contribution in [0.3, 0.4) is 0 Å². The lowest BCUT2D eigenvalue weighted by atomic mass is 10.0. The van der Waals surface area contributed by atoms with Gasteiger partial charge in [0.15, 0.2) is 5.78 Å². The standard InChI is InChI=1S/C35H50N2O5/c1-5-9-17-36(18-10-6-2)21-23-41-34(39)27-13-15-29-30-16-14-28(26-32(30)33(38)31(29)25-27)35(40)42-24-22-37(19-11-7-3)20-12-8-4/h13-16,25-26H,5-12,17-24H2,1-4H3. The van der Waals surface area contributed by atoms with Crippen molar-refractivity contribution in [1.29, 1.82) is 0 Å². The van der Waals surface area contributed by atoms with Crippen molar-refractivity contribution in [3.63, 3.8) is 0 Å². The Balaban J connectivity index is 1.59. The van der Waals surface area contributed by atoms with Crippen LogP contribution in [0.5, 0.6) is 0 Å². The molecule has 0 unspecified atom stereocenters. The zero-order chi connectivity index (χ0) is 30.3. The Morgan fingerprint density at radius 3 is 1.24 bits per heavy atom. The lowest BCUT2D eigenvalue weighted by molar-refractivity contribution is 0.0451. The molecule has 0 spiro atoms. The highest BCUT2D eigenvalue weighted by Crippen LogP contribution is 2.37. The Labute approximate surface area is 252 Å². The second kappa shape index (κ2) is 17.8. The first-order valence-electron chi connectivity index (χ1n) is 16.0. The first-order chi connectivity index (χ1) is 20.4. The van der Waals surface area contributed by atoms with E-state index in [-0.39, 0.29) is 5.78 Å². The van der Waals surface area contributed by atoms with Crippen molar-refractivity contribution in [2.75, 3.05) is 52.5 Å². The topological polar surface area (TPSA) is 76.1 Å². The molecule has 0 fully saturated rings. The summed E-state index contributed by atoms with van der Waals surface area (Å²) in [5, 5.41) is 0. The summed E-state index contributed by atoms with van der Waals surface area (Å²) in [4.78, 5) is 43.7. The third-order valence-corrected chi connectivity index (χ3v) is 7.88. The van der Waals surface area contributed by atoms with Crippen molar-refractivity contribution in [3.05, 3.63) is 58.7 Å². The van der Waals surface area contributed by atoms with Crippen LogP contribution in [0.1, 0.15) is 116 Å². The second-order valence-corrected chi connectivity index (χ2v) is 11.2. The van der Waals surface area contributed by atoms with E-state index in [4.69, 9.17) is 9.47 Å². The summed E-state index contributed by atoms with van der Waals surface area (Å²) in [7, 11) is 0. The Morgan fingerprint density at radius 1 is 0.548 bits per heavy atom. The van der Waals surface area contributed by atoms with Gasteiger partial charge in [-0.25, -0.2) is 9.59 Å². The fourth-order valence-corrected chi connectivity index (χ4v) is 5.23. The summed E-state index contributed by atoms with van der Waals surface area (Å²) in [5.74, 6) is -1.05. The van der Waals surface area contributed by atoms with Crippen LogP contribution in [0, 0.1) is 0 Å². The van der Waals surface area contributed by atoms with Gasteiger partial charge in [0.2, 0.25) is 0 Å². The molecule has 0 N–H and O–H groups in total. The summed E-state index contributed by atoms with van der Waals surface area (Å²) in [6, 6.07) is 10.2. The molecule has 0 atom stereocenters. The third-order valence-electron chi connectivity index (χ3n) is 7.88. The van der Waals surface area contributed by atoms with Gasteiger partial charge in [0.05, 0.1) is 11.1 Å². The summed E-state index contributed by atoms with van der Waals surface area (Å²) >= 11 is 0. The number of rotatable bonds is 20. The van der Waals surface area contributed by atoms with Gasteiger partial charge in [-0.1, -0.05) is 65.5 Å². The summed E-state index contributed by atoms with van der Waals surface area (Å²) in [6.45, 7) is 14.8. The second-order valence-electron chi connectivity index (χ2n) is 11.2. The minimum Gasteiger partial charge on any atom is -0.461 e. The van der Waals surface area contributed by atoms with Crippen molar-refractivity contribution in [2.24, 2.45) is 0 Å². The van der Waals surface area contributed by atoms with Crippen LogP contribution in [0.25, 0.3) is 11.1 Å². The maximum atomic E-state index is 13.3. The molecule has 2 aromatic carbocycles. The molecule has 230 valence electrons.